The summed E-state index contributed by atoms with van der Waals surface area (Å²) in [6.07, 6.45) is 2.92. The summed E-state index contributed by atoms with van der Waals surface area (Å²) in [5, 5.41) is 6.85. The van der Waals surface area contributed by atoms with E-state index in [1.807, 2.05) is 4.90 Å². The average Bonchev–Trinajstić information content (AvgIpc) is 3.20. The zero-order valence-electron chi connectivity index (χ0n) is 15.4. The summed E-state index contributed by atoms with van der Waals surface area (Å²) in [5.74, 6) is -4.32. The van der Waals surface area contributed by atoms with E-state index in [1.165, 1.54) is 6.20 Å². The monoisotopic (exact) mass is 407 g/mol. The zero-order valence-corrected chi connectivity index (χ0v) is 15.4. The highest BCUT2D eigenvalue weighted by atomic mass is 19.2. The Bertz CT molecular complexity index is 1030. The van der Waals surface area contributed by atoms with Crippen molar-refractivity contribution < 1.29 is 22.0 Å². The molecule has 1 aromatic heterocycles. The van der Waals surface area contributed by atoms with Gasteiger partial charge in [0, 0.05) is 41.4 Å². The van der Waals surface area contributed by atoms with E-state index in [-0.39, 0.29) is 23.6 Å². The van der Waals surface area contributed by atoms with Crippen molar-refractivity contribution in [2.45, 2.75) is 25.3 Å². The highest BCUT2D eigenvalue weighted by Gasteiger charge is 2.27. The van der Waals surface area contributed by atoms with Crippen molar-refractivity contribution in [1.29, 1.82) is 0 Å². The van der Waals surface area contributed by atoms with E-state index in [0.717, 1.165) is 43.2 Å². The number of H-pyrrole nitrogens is 1. The van der Waals surface area contributed by atoms with Gasteiger partial charge < -0.3 is 0 Å². The maximum atomic E-state index is 14.2. The van der Waals surface area contributed by atoms with Crippen LogP contribution in [0.25, 0.3) is 11.1 Å². The third kappa shape index (κ3) is 3.89. The maximum Gasteiger partial charge on any atom is 0.166 e. The molecule has 1 N–H and O–H groups in total. The fourth-order valence-electron chi connectivity index (χ4n) is 3.90. The Morgan fingerprint density at radius 2 is 1.72 bits per heavy atom. The number of hydrogen-bond acceptors (Lipinski definition) is 2. The first kappa shape index (κ1) is 19.6. The molecule has 0 unspecified atom stereocenters. The number of nitrogens with one attached hydrogen (secondary N) is 1. The number of halogens is 5. The molecule has 0 amide bonds. The molecule has 2 aromatic carbocycles. The normalized spacial score (nSPS) is 17.6. The van der Waals surface area contributed by atoms with Gasteiger partial charge in [0.15, 0.2) is 11.6 Å². The highest BCUT2D eigenvalue weighted by molar-refractivity contribution is 5.66. The molecular formula is C21H18F5N3. The summed E-state index contributed by atoms with van der Waals surface area (Å²) in [4.78, 5) is 1.82. The van der Waals surface area contributed by atoms with Gasteiger partial charge in [0.2, 0.25) is 0 Å². The molecule has 0 aliphatic carbocycles. The highest BCUT2D eigenvalue weighted by Crippen LogP contribution is 2.35. The summed E-state index contributed by atoms with van der Waals surface area (Å²) in [7, 11) is 0. The van der Waals surface area contributed by atoms with E-state index in [4.69, 9.17) is 0 Å². The molecule has 3 nitrogen and oxygen atoms in total. The fourth-order valence-corrected chi connectivity index (χ4v) is 3.90. The number of benzene rings is 2. The molecule has 1 fully saturated rings. The van der Waals surface area contributed by atoms with Crippen LogP contribution in [0.3, 0.4) is 0 Å². The largest absolute Gasteiger partial charge is 0.298 e. The molecule has 152 valence electrons. The van der Waals surface area contributed by atoms with Gasteiger partial charge in [0.05, 0.1) is 6.20 Å². The molecular weight excluding hydrogens is 389 g/mol. The van der Waals surface area contributed by atoms with Gasteiger partial charge in [-0.15, -0.1) is 0 Å². The van der Waals surface area contributed by atoms with Crippen LogP contribution < -0.4 is 0 Å². The van der Waals surface area contributed by atoms with Crippen molar-refractivity contribution in [1.82, 2.24) is 15.1 Å². The average molecular weight is 407 g/mol. The number of piperidine rings is 1. The SMILES string of the molecule is Fc1ccc(F)c(-c2cn[nH]c2[C@@H]2CCCN(Cc3c(F)ccc(F)c3F)C2)c1. The molecule has 3 aromatic rings. The standard InChI is InChI=1S/C21H18F5N3/c22-13-3-4-17(23)14(8-13)15-9-27-28-21(15)12-2-1-7-29(10-12)11-16-18(24)5-6-19(25)20(16)26/h3-6,8-9,12H,1-2,7,10-11H2,(H,27,28)/t12-/m1/s1. The van der Waals surface area contributed by atoms with Gasteiger partial charge >= 0.3 is 0 Å². The molecule has 1 aliphatic heterocycles. The Hall–Kier alpha value is -2.74. The van der Waals surface area contributed by atoms with Crippen LogP contribution >= 0.6 is 0 Å². The molecule has 4 rings (SSSR count). The van der Waals surface area contributed by atoms with Gasteiger partial charge in [-0.1, -0.05) is 0 Å². The number of aromatic nitrogens is 2. The second-order valence-electron chi connectivity index (χ2n) is 7.22. The van der Waals surface area contributed by atoms with Crippen LogP contribution in [0.5, 0.6) is 0 Å². The zero-order chi connectivity index (χ0) is 20.5. The third-order valence-electron chi connectivity index (χ3n) is 5.32. The summed E-state index contributed by atoms with van der Waals surface area (Å²) in [5.41, 5.74) is 0.885. The summed E-state index contributed by atoms with van der Waals surface area (Å²) >= 11 is 0. The van der Waals surface area contributed by atoms with Gasteiger partial charge in [0.1, 0.15) is 17.5 Å². The van der Waals surface area contributed by atoms with Crippen LogP contribution in [0.4, 0.5) is 22.0 Å². The van der Waals surface area contributed by atoms with Crippen LogP contribution in [0, 0.1) is 29.1 Å². The van der Waals surface area contributed by atoms with Crippen LogP contribution in [-0.4, -0.2) is 28.2 Å². The number of likely N-dealkylation sites (tertiary alicyclic amines) is 1. The van der Waals surface area contributed by atoms with Crippen LogP contribution in [0.1, 0.15) is 30.0 Å². The molecule has 8 heteroatoms. The molecule has 0 saturated carbocycles. The Kier molecular flexibility index (Phi) is 5.36. The Labute approximate surface area is 164 Å². The first-order chi connectivity index (χ1) is 13.9. The van der Waals surface area contributed by atoms with Crippen molar-refractivity contribution in [2.24, 2.45) is 0 Å². The summed E-state index contributed by atoms with van der Waals surface area (Å²) < 4.78 is 69.4. The van der Waals surface area contributed by atoms with Crippen LogP contribution in [0.2, 0.25) is 0 Å². The quantitative estimate of drug-likeness (QED) is 0.479. The van der Waals surface area contributed by atoms with Crippen LogP contribution in [-0.2, 0) is 6.54 Å². The summed E-state index contributed by atoms with van der Waals surface area (Å²) in [6.45, 7) is 0.926. The van der Waals surface area contributed by atoms with Gasteiger partial charge in [0.25, 0.3) is 0 Å². The van der Waals surface area contributed by atoms with E-state index in [0.29, 0.717) is 24.3 Å². The van der Waals surface area contributed by atoms with E-state index < -0.39 is 29.1 Å². The summed E-state index contributed by atoms with van der Waals surface area (Å²) in [6, 6.07) is 4.89. The Balaban J connectivity index is 1.59. The molecule has 1 saturated heterocycles. The topological polar surface area (TPSA) is 31.9 Å². The van der Waals surface area contributed by atoms with Crippen molar-refractivity contribution in [3.63, 3.8) is 0 Å². The molecule has 29 heavy (non-hydrogen) atoms. The lowest BCUT2D eigenvalue weighted by Crippen LogP contribution is -2.34. The first-order valence-electron chi connectivity index (χ1n) is 9.27. The molecule has 0 bridgehead atoms. The lowest BCUT2D eigenvalue weighted by molar-refractivity contribution is 0.193. The van der Waals surface area contributed by atoms with Crippen molar-refractivity contribution >= 4 is 0 Å². The lowest BCUT2D eigenvalue weighted by atomic mass is 9.90. The number of rotatable bonds is 4. The first-order valence-corrected chi connectivity index (χ1v) is 9.27. The second-order valence-corrected chi connectivity index (χ2v) is 7.22. The number of hydrogen-bond donors (Lipinski definition) is 1. The minimum Gasteiger partial charge on any atom is -0.298 e. The smallest absolute Gasteiger partial charge is 0.166 e. The minimum atomic E-state index is -1.18. The van der Waals surface area contributed by atoms with E-state index in [9.17, 15) is 22.0 Å². The van der Waals surface area contributed by atoms with Gasteiger partial charge in [-0.3, -0.25) is 10.00 Å². The molecule has 2 heterocycles. The maximum absolute atomic E-state index is 14.2. The van der Waals surface area contributed by atoms with Crippen molar-refractivity contribution in [2.75, 3.05) is 13.1 Å². The fraction of sp³-hybridized carbons (Fsp3) is 0.286. The van der Waals surface area contributed by atoms with Gasteiger partial charge in [-0.2, -0.15) is 5.10 Å². The third-order valence-corrected chi connectivity index (χ3v) is 5.32. The molecule has 0 radical (unpaired) electrons. The van der Waals surface area contributed by atoms with Gasteiger partial charge in [-0.05, 0) is 49.7 Å². The minimum absolute atomic E-state index is 0.0796. The predicted molar refractivity (Wildman–Crippen MR) is 97.5 cm³/mol. The Morgan fingerprint density at radius 3 is 2.55 bits per heavy atom. The molecule has 0 spiro atoms. The van der Waals surface area contributed by atoms with Crippen LogP contribution in [0.15, 0.2) is 36.5 Å². The van der Waals surface area contributed by atoms with E-state index in [1.54, 1.807) is 0 Å². The van der Waals surface area contributed by atoms with Crippen molar-refractivity contribution in [3.05, 3.63) is 76.9 Å². The lowest BCUT2D eigenvalue weighted by Gasteiger charge is -2.33. The Morgan fingerprint density at radius 1 is 0.966 bits per heavy atom. The van der Waals surface area contributed by atoms with Gasteiger partial charge in [-0.25, -0.2) is 22.0 Å². The second kappa shape index (κ2) is 7.94. The van der Waals surface area contributed by atoms with Crippen molar-refractivity contribution in [3.8, 4) is 11.1 Å². The molecule has 1 atom stereocenters. The number of aromatic amines is 1. The molecule has 1 aliphatic rings. The van der Waals surface area contributed by atoms with E-state index >= 15 is 0 Å². The number of nitrogens with zero attached hydrogens (tertiary/aromatic N) is 2. The van der Waals surface area contributed by atoms with E-state index in [2.05, 4.69) is 10.2 Å². The predicted octanol–water partition coefficient (Wildman–Crippen LogP) is 5.15.